The van der Waals surface area contributed by atoms with E-state index in [9.17, 15) is 4.39 Å². The molecule has 0 aliphatic rings. The van der Waals surface area contributed by atoms with E-state index in [1.54, 1.807) is 43.0 Å². The zero-order chi connectivity index (χ0) is 25.4. The highest BCUT2D eigenvalue weighted by atomic mass is 19.1. The van der Waals surface area contributed by atoms with Crippen LogP contribution in [0.2, 0.25) is 0 Å². The minimum Gasteiger partial charge on any atom is -0.491 e. The quantitative estimate of drug-likeness (QED) is 0.331. The number of aromatic amines is 2. The largest absolute Gasteiger partial charge is 0.491 e. The van der Waals surface area contributed by atoms with Crippen LogP contribution >= 0.6 is 0 Å². The van der Waals surface area contributed by atoms with Gasteiger partial charge in [0.2, 0.25) is 0 Å². The van der Waals surface area contributed by atoms with E-state index in [1.165, 1.54) is 6.07 Å². The predicted octanol–water partition coefficient (Wildman–Crippen LogP) is 4.70. The molecule has 0 fully saturated rings. The van der Waals surface area contributed by atoms with Gasteiger partial charge in [0, 0.05) is 35.5 Å². The number of imidazole rings is 1. The number of fused-ring (bicyclic) bond motifs is 2. The highest BCUT2D eigenvalue weighted by Gasteiger charge is 2.18. The third-order valence-corrected chi connectivity index (χ3v) is 6.02. The Morgan fingerprint density at radius 2 is 1.86 bits per heavy atom. The summed E-state index contributed by atoms with van der Waals surface area (Å²) in [5.41, 5.74) is 5.11. The maximum Gasteiger partial charge on any atom is 0.159 e. The molecule has 9 nitrogen and oxygen atoms in total. The number of hydrogen-bond donors (Lipinski definition) is 2. The Morgan fingerprint density at radius 1 is 0.973 bits per heavy atom. The molecule has 0 amide bonds. The Labute approximate surface area is 211 Å². The van der Waals surface area contributed by atoms with Crippen molar-refractivity contribution in [3.8, 4) is 39.8 Å². The number of nitrogens with zero attached hydrogens (tertiary/aromatic N) is 6. The lowest BCUT2D eigenvalue weighted by Crippen LogP contribution is -2.19. The SMILES string of the molecule is CN(C)CCOc1cncc(-c2cc3c(-c4nc5c(-c6ccccc6F)nccc5[nH]4)n[nH]c3cn2)c1. The van der Waals surface area contributed by atoms with Crippen LogP contribution in [0.4, 0.5) is 4.39 Å². The minimum absolute atomic E-state index is 0.352. The molecular weight excluding hydrogens is 471 g/mol. The van der Waals surface area contributed by atoms with Crippen LogP contribution in [0.5, 0.6) is 5.75 Å². The highest BCUT2D eigenvalue weighted by molar-refractivity contribution is 5.96. The highest BCUT2D eigenvalue weighted by Crippen LogP contribution is 2.32. The number of rotatable bonds is 7. The molecule has 0 unspecified atom stereocenters. The van der Waals surface area contributed by atoms with Gasteiger partial charge in [0.15, 0.2) is 5.82 Å². The fourth-order valence-electron chi connectivity index (χ4n) is 4.14. The maximum atomic E-state index is 14.5. The molecular formula is C27H23FN8O. The van der Waals surface area contributed by atoms with Crippen molar-refractivity contribution < 1.29 is 9.13 Å². The normalized spacial score (nSPS) is 11.6. The summed E-state index contributed by atoms with van der Waals surface area (Å²) >= 11 is 0. The number of H-pyrrole nitrogens is 2. The summed E-state index contributed by atoms with van der Waals surface area (Å²) in [5, 5.41) is 8.35. The Bertz CT molecular complexity index is 1720. The average Bonchev–Trinajstić information content (AvgIpc) is 3.52. The zero-order valence-corrected chi connectivity index (χ0v) is 20.2. The summed E-state index contributed by atoms with van der Waals surface area (Å²) in [6.07, 6.45) is 6.81. The van der Waals surface area contributed by atoms with Crippen LogP contribution in [0.25, 0.3) is 56.0 Å². The first kappa shape index (κ1) is 22.7. The topological polar surface area (TPSA) is 109 Å². The molecule has 6 rings (SSSR count). The number of ether oxygens (including phenoxy) is 1. The van der Waals surface area contributed by atoms with E-state index in [0.717, 1.165) is 34.2 Å². The lowest BCUT2D eigenvalue weighted by molar-refractivity contribution is 0.261. The third kappa shape index (κ3) is 4.38. The van der Waals surface area contributed by atoms with E-state index >= 15 is 0 Å². The van der Waals surface area contributed by atoms with E-state index in [-0.39, 0.29) is 5.82 Å². The smallest absolute Gasteiger partial charge is 0.159 e. The van der Waals surface area contributed by atoms with Gasteiger partial charge in [-0.25, -0.2) is 9.37 Å². The van der Waals surface area contributed by atoms with Crippen molar-refractivity contribution in [2.24, 2.45) is 0 Å². The van der Waals surface area contributed by atoms with Gasteiger partial charge < -0.3 is 14.6 Å². The van der Waals surface area contributed by atoms with Gasteiger partial charge in [-0.3, -0.25) is 20.1 Å². The second-order valence-electron chi connectivity index (χ2n) is 8.87. The number of pyridine rings is 3. The van der Waals surface area contributed by atoms with Crippen LogP contribution in [-0.2, 0) is 0 Å². The van der Waals surface area contributed by atoms with E-state index in [4.69, 9.17) is 9.72 Å². The van der Waals surface area contributed by atoms with Gasteiger partial charge in [0.25, 0.3) is 0 Å². The van der Waals surface area contributed by atoms with Gasteiger partial charge in [-0.05, 0) is 44.4 Å². The second-order valence-corrected chi connectivity index (χ2v) is 8.87. The summed E-state index contributed by atoms with van der Waals surface area (Å²) in [4.78, 5) is 23.4. The molecule has 0 saturated heterocycles. The first-order valence-corrected chi connectivity index (χ1v) is 11.7. The Morgan fingerprint density at radius 3 is 2.73 bits per heavy atom. The maximum absolute atomic E-state index is 14.5. The number of benzene rings is 1. The lowest BCUT2D eigenvalue weighted by Gasteiger charge is -2.11. The monoisotopic (exact) mass is 494 g/mol. The Balaban J connectivity index is 1.39. The molecule has 0 aliphatic heterocycles. The first-order valence-electron chi connectivity index (χ1n) is 11.7. The molecule has 0 aliphatic carbocycles. The van der Waals surface area contributed by atoms with Crippen molar-refractivity contribution in [1.29, 1.82) is 0 Å². The summed E-state index contributed by atoms with van der Waals surface area (Å²) < 4.78 is 20.3. The van der Waals surface area contributed by atoms with E-state index in [1.807, 2.05) is 32.3 Å². The number of halogens is 1. The predicted molar refractivity (Wildman–Crippen MR) is 139 cm³/mol. The summed E-state index contributed by atoms with van der Waals surface area (Å²) in [7, 11) is 4.00. The molecule has 184 valence electrons. The summed E-state index contributed by atoms with van der Waals surface area (Å²) in [6, 6.07) is 12.2. The number of likely N-dealkylation sites (N-methyl/N-ethyl adjacent to an activating group) is 1. The molecule has 10 heteroatoms. The Hall–Kier alpha value is -4.70. The van der Waals surface area contributed by atoms with Gasteiger partial charge in [0.1, 0.15) is 35.1 Å². The van der Waals surface area contributed by atoms with Crippen LogP contribution in [0.1, 0.15) is 0 Å². The van der Waals surface area contributed by atoms with Gasteiger partial charge in [0.05, 0.1) is 29.1 Å². The van der Waals surface area contributed by atoms with Gasteiger partial charge in [-0.1, -0.05) is 12.1 Å². The van der Waals surface area contributed by atoms with Gasteiger partial charge >= 0.3 is 0 Å². The van der Waals surface area contributed by atoms with Crippen LogP contribution in [-0.4, -0.2) is 67.3 Å². The molecule has 37 heavy (non-hydrogen) atoms. The summed E-state index contributed by atoms with van der Waals surface area (Å²) in [5.74, 6) is 0.872. The molecule has 0 spiro atoms. The minimum atomic E-state index is -0.352. The zero-order valence-electron chi connectivity index (χ0n) is 20.2. The molecule has 5 aromatic heterocycles. The molecule has 0 saturated carbocycles. The van der Waals surface area contributed by atoms with Crippen LogP contribution in [0.15, 0.2) is 67.3 Å². The van der Waals surface area contributed by atoms with E-state index < -0.39 is 0 Å². The van der Waals surface area contributed by atoms with Crippen molar-refractivity contribution in [2.45, 2.75) is 0 Å². The second kappa shape index (κ2) is 9.40. The van der Waals surface area contributed by atoms with Crippen LogP contribution < -0.4 is 4.74 Å². The molecule has 5 heterocycles. The van der Waals surface area contributed by atoms with Gasteiger partial charge in [-0.2, -0.15) is 5.10 Å². The molecule has 1 aromatic carbocycles. The van der Waals surface area contributed by atoms with Crippen LogP contribution in [0, 0.1) is 5.82 Å². The van der Waals surface area contributed by atoms with Crippen molar-refractivity contribution in [3.63, 3.8) is 0 Å². The summed E-state index contributed by atoms with van der Waals surface area (Å²) in [6.45, 7) is 1.37. The lowest BCUT2D eigenvalue weighted by atomic mass is 10.1. The fourth-order valence-corrected chi connectivity index (χ4v) is 4.14. The van der Waals surface area contributed by atoms with Gasteiger partial charge in [-0.15, -0.1) is 0 Å². The molecule has 6 aromatic rings. The first-order chi connectivity index (χ1) is 18.1. The van der Waals surface area contributed by atoms with Crippen molar-refractivity contribution >= 4 is 21.9 Å². The average molecular weight is 495 g/mol. The molecule has 2 N–H and O–H groups in total. The third-order valence-electron chi connectivity index (χ3n) is 6.02. The molecule has 0 atom stereocenters. The van der Waals surface area contributed by atoms with E-state index in [0.29, 0.717) is 40.6 Å². The molecule has 0 bridgehead atoms. The van der Waals surface area contributed by atoms with Crippen LogP contribution in [0.3, 0.4) is 0 Å². The van der Waals surface area contributed by atoms with Crippen molar-refractivity contribution in [1.82, 2.24) is 40.0 Å². The van der Waals surface area contributed by atoms with Crippen molar-refractivity contribution in [2.75, 3.05) is 27.2 Å². The number of hydrogen-bond acceptors (Lipinski definition) is 7. The molecule has 0 radical (unpaired) electrons. The fraction of sp³-hybridized carbons (Fsp3) is 0.148. The standard InChI is InChI=1S/C27H23FN8O/c1-36(2)9-10-37-17-11-16(13-29-14-17)22-12-19-23(15-31-22)34-35-25(19)27-32-21-7-8-30-24(26(21)33-27)18-5-3-4-6-20(18)28/h3-8,11-15H,9-10H2,1-2H3,(H,32,33)(H,34,35). The Kier molecular flexibility index (Phi) is 5.78. The van der Waals surface area contributed by atoms with E-state index in [2.05, 4.69) is 35.0 Å². The number of nitrogens with one attached hydrogen (secondary N) is 2. The van der Waals surface area contributed by atoms with Crippen molar-refractivity contribution in [3.05, 3.63) is 73.1 Å². The number of aromatic nitrogens is 7.